The van der Waals surface area contributed by atoms with Crippen LogP contribution >= 0.6 is 11.6 Å². The van der Waals surface area contributed by atoms with Gasteiger partial charge in [-0.1, -0.05) is 23.7 Å². The van der Waals surface area contributed by atoms with Crippen LogP contribution in [-0.4, -0.2) is 15.7 Å². The van der Waals surface area contributed by atoms with Crippen LogP contribution in [0.1, 0.15) is 21.6 Å². The first-order valence-corrected chi connectivity index (χ1v) is 7.96. The summed E-state index contributed by atoms with van der Waals surface area (Å²) in [6.45, 7) is 1.80. The fraction of sp³-hybridized carbons (Fsp3) is 0.111. The second kappa shape index (κ2) is 7.21. The van der Waals surface area contributed by atoms with Gasteiger partial charge in [0, 0.05) is 6.07 Å². The van der Waals surface area contributed by atoms with E-state index in [-0.39, 0.29) is 28.8 Å². The molecule has 8 heteroatoms. The second-order valence-electron chi connectivity index (χ2n) is 5.61. The standard InChI is InChI=1S/C18H13ClF3N3O/c1-10-16(18(26)23-15-8-13(21)6-7-14(15)22)17(19)25(24-10)9-11-2-4-12(20)5-3-11/h2-8H,9H2,1H3,(H,23,26). The average molecular weight is 380 g/mol. The summed E-state index contributed by atoms with van der Waals surface area (Å²) < 4.78 is 41.3. The maximum atomic E-state index is 13.7. The van der Waals surface area contributed by atoms with E-state index in [2.05, 4.69) is 10.4 Å². The Hall–Kier alpha value is -2.80. The van der Waals surface area contributed by atoms with Gasteiger partial charge in [-0.05, 0) is 36.8 Å². The fourth-order valence-electron chi connectivity index (χ4n) is 2.46. The fourth-order valence-corrected chi connectivity index (χ4v) is 2.78. The summed E-state index contributed by atoms with van der Waals surface area (Å²) in [5.74, 6) is -2.53. The monoisotopic (exact) mass is 379 g/mol. The van der Waals surface area contributed by atoms with Crippen molar-refractivity contribution in [2.75, 3.05) is 5.32 Å². The van der Waals surface area contributed by atoms with E-state index in [1.165, 1.54) is 16.8 Å². The van der Waals surface area contributed by atoms with Gasteiger partial charge in [-0.3, -0.25) is 4.79 Å². The predicted molar refractivity (Wildman–Crippen MR) is 91.8 cm³/mol. The third kappa shape index (κ3) is 3.72. The summed E-state index contributed by atoms with van der Waals surface area (Å²) in [6, 6.07) is 8.50. The molecule has 0 radical (unpaired) electrons. The molecule has 26 heavy (non-hydrogen) atoms. The van der Waals surface area contributed by atoms with Gasteiger partial charge in [0.05, 0.1) is 23.5 Å². The molecule has 0 aliphatic heterocycles. The van der Waals surface area contributed by atoms with E-state index >= 15 is 0 Å². The lowest BCUT2D eigenvalue weighted by Gasteiger charge is -2.07. The molecule has 0 aliphatic carbocycles. The van der Waals surface area contributed by atoms with Gasteiger partial charge in [0.25, 0.3) is 5.91 Å². The van der Waals surface area contributed by atoms with Crippen molar-refractivity contribution < 1.29 is 18.0 Å². The Morgan fingerprint density at radius 1 is 1.12 bits per heavy atom. The Bertz CT molecular complexity index is 971. The zero-order chi connectivity index (χ0) is 18.8. The molecule has 0 atom stereocenters. The highest BCUT2D eigenvalue weighted by molar-refractivity contribution is 6.33. The maximum Gasteiger partial charge on any atom is 0.260 e. The number of aromatic nitrogens is 2. The van der Waals surface area contributed by atoms with Crippen LogP contribution in [0.15, 0.2) is 42.5 Å². The molecule has 3 aromatic rings. The molecule has 0 fully saturated rings. The number of nitrogens with zero attached hydrogens (tertiary/aromatic N) is 2. The first kappa shape index (κ1) is 18.0. The number of hydrogen-bond acceptors (Lipinski definition) is 2. The molecule has 2 aromatic carbocycles. The van der Waals surface area contributed by atoms with Crippen LogP contribution in [-0.2, 0) is 6.54 Å². The van der Waals surface area contributed by atoms with E-state index in [1.54, 1.807) is 19.1 Å². The van der Waals surface area contributed by atoms with Crippen LogP contribution in [0.4, 0.5) is 18.9 Å². The normalized spacial score (nSPS) is 10.8. The van der Waals surface area contributed by atoms with Crippen LogP contribution in [0.25, 0.3) is 0 Å². The molecule has 1 amide bonds. The lowest BCUT2D eigenvalue weighted by molar-refractivity contribution is 0.102. The van der Waals surface area contributed by atoms with Gasteiger partial charge in [-0.15, -0.1) is 0 Å². The number of carbonyl (C=O) groups excluding carboxylic acids is 1. The van der Waals surface area contributed by atoms with Gasteiger partial charge in [0.2, 0.25) is 0 Å². The molecule has 1 N–H and O–H groups in total. The lowest BCUT2D eigenvalue weighted by Crippen LogP contribution is -2.14. The van der Waals surface area contributed by atoms with Crippen molar-refractivity contribution >= 4 is 23.2 Å². The highest BCUT2D eigenvalue weighted by Crippen LogP contribution is 2.23. The van der Waals surface area contributed by atoms with Crippen molar-refractivity contribution in [1.82, 2.24) is 9.78 Å². The molecule has 0 unspecified atom stereocenters. The van der Waals surface area contributed by atoms with Crippen molar-refractivity contribution in [3.63, 3.8) is 0 Å². The quantitative estimate of drug-likeness (QED) is 0.722. The van der Waals surface area contributed by atoms with Crippen LogP contribution in [0, 0.1) is 24.4 Å². The van der Waals surface area contributed by atoms with Crippen LogP contribution in [0.5, 0.6) is 0 Å². The number of carbonyl (C=O) groups is 1. The largest absolute Gasteiger partial charge is 0.319 e. The molecule has 1 heterocycles. The van der Waals surface area contributed by atoms with Crippen LogP contribution < -0.4 is 5.32 Å². The number of aryl methyl sites for hydroxylation is 1. The Kier molecular flexibility index (Phi) is 4.99. The third-order valence-corrected chi connectivity index (χ3v) is 4.10. The Labute approximate surface area is 152 Å². The molecule has 3 rings (SSSR count). The highest BCUT2D eigenvalue weighted by atomic mass is 35.5. The summed E-state index contributed by atoms with van der Waals surface area (Å²) in [4.78, 5) is 12.4. The predicted octanol–water partition coefficient (Wildman–Crippen LogP) is 4.56. The third-order valence-electron chi connectivity index (χ3n) is 3.71. The number of nitrogens with one attached hydrogen (secondary N) is 1. The SMILES string of the molecule is Cc1nn(Cc2ccc(F)cc2)c(Cl)c1C(=O)Nc1cc(F)ccc1F. The minimum atomic E-state index is -0.771. The van der Waals surface area contributed by atoms with Gasteiger partial charge in [0.1, 0.15) is 22.6 Å². The van der Waals surface area contributed by atoms with Crippen LogP contribution in [0.2, 0.25) is 5.15 Å². The zero-order valence-electron chi connectivity index (χ0n) is 13.6. The van der Waals surface area contributed by atoms with Crippen molar-refractivity contribution in [3.05, 3.63) is 81.9 Å². The van der Waals surface area contributed by atoms with E-state index in [1.807, 2.05) is 0 Å². The lowest BCUT2D eigenvalue weighted by atomic mass is 10.2. The number of benzene rings is 2. The second-order valence-corrected chi connectivity index (χ2v) is 5.97. The first-order valence-electron chi connectivity index (χ1n) is 7.59. The molecule has 0 saturated heterocycles. The van der Waals surface area contributed by atoms with E-state index in [0.29, 0.717) is 5.69 Å². The maximum absolute atomic E-state index is 13.7. The molecule has 4 nitrogen and oxygen atoms in total. The molecular formula is C18H13ClF3N3O. The minimum Gasteiger partial charge on any atom is -0.319 e. The summed E-state index contributed by atoms with van der Waals surface area (Å²) in [5.41, 5.74) is 0.819. The zero-order valence-corrected chi connectivity index (χ0v) is 14.3. The van der Waals surface area contributed by atoms with E-state index in [0.717, 1.165) is 23.8 Å². The Morgan fingerprint density at radius 3 is 2.46 bits per heavy atom. The number of rotatable bonds is 4. The molecule has 0 aliphatic rings. The van der Waals surface area contributed by atoms with E-state index < -0.39 is 17.5 Å². The molecule has 0 spiro atoms. The van der Waals surface area contributed by atoms with Gasteiger partial charge in [-0.2, -0.15) is 5.10 Å². The Morgan fingerprint density at radius 2 is 1.77 bits per heavy atom. The van der Waals surface area contributed by atoms with Crippen molar-refractivity contribution in [2.24, 2.45) is 0 Å². The van der Waals surface area contributed by atoms with Crippen molar-refractivity contribution in [3.8, 4) is 0 Å². The van der Waals surface area contributed by atoms with Crippen molar-refractivity contribution in [2.45, 2.75) is 13.5 Å². The molecule has 0 saturated carbocycles. The van der Waals surface area contributed by atoms with Gasteiger partial charge in [0.15, 0.2) is 0 Å². The molecule has 1 aromatic heterocycles. The number of halogens is 4. The minimum absolute atomic E-state index is 0.0427. The Balaban J connectivity index is 1.86. The number of anilines is 1. The average Bonchev–Trinajstić information content (AvgIpc) is 2.87. The summed E-state index contributed by atoms with van der Waals surface area (Å²) in [6.07, 6.45) is 0. The first-order chi connectivity index (χ1) is 12.3. The number of amides is 1. The summed E-state index contributed by atoms with van der Waals surface area (Å²) in [7, 11) is 0. The number of hydrogen-bond donors (Lipinski definition) is 1. The van der Waals surface area contributed by atoms with Gasteiger partial charge < -0.3 is 5.32 Å². The molecule has 134 valence electrons. The summed E-state index contributed by atoms with van der Waals surface area (Å²) >= 11 is 6.24. The topological polar surface area (TPSA) is 46.9 Å². The van der Waals surface area contributed by atoms with Gasteiger partial charge in [-0.25, -0.2) is 17.9 Å². The summed E-state index contributed by atoms with van der Waals surface area (Å²) in [5, 5.41) is 6.53. The van der Waals surface area contributed by atoms with Gasteiger partial charge >= 0.3 is 0 Å². The molecular weight excluding hydrogens is 367 g/mol. The van der Waals surface area contributed by atoms with E-state index in [9.17, 15) is 18.0 Å². The highest BCUT2D eigenvalue weighted by Gasteiger charge is 2.21. The van der Waals surface area contributed by atoms with E-state index in [4.69, 9.17) is 11.6 Å². The van der Waals surface area contributed by atoms with Crippen LogP contribution in [0.3, 0.4) is 0 Å². The molecule has 0 bridgehead atoms. The van der Waals surface area contributed by atoms with Crippen molar-refractivity contribution in [1.29, 1.82) is 0 Å². The smallest absolute Gasteiger partial charge is 0.260 e.